The third-order valence-corrected chi connectivity index (χ3v) is 5.81. The number of nitrogens with zero attached hydrogens (tertiary/aromatic N) is 4. The lowest BCUT2D eigenvalue weighted by molar-refractivity contribution is -0.140. The van der Waals surface area contributed by atoms with Crippen LogP contribution in [0.15, 0.2) is 17.8 Å². The summed E-state index contributed by atoms with van der Waals surface area (Å²) in [6.07, 6.45) is 4.18. The number of piperidine rings is 1. The van der Waals surface area contributed by atoms with E-state index in [0.29, 0.717) is 31.3 Å². The molecule has 0 bridgehead atoms. The van der Waals surface area contributed by atoms with Crippen molar-refractivity contribution in [3.05, 3.63) is 18.5 Å². The maximum absolute atomic E-state index is 12.6. The smallest absolute Gasteiger partial charge is 0.233 e. The van der Waals surface area contributed by atoms with Crippen molar-refractivity contribution in [3.8, 4) is 0 Å². The molecular formula is C18H29N5O2S. The van der Waals surface area contributed by atoms with Crippen LogP contribution >= 0.6 is 11.8 Å². The Morgan fingerprint density at radius 2 is 2.00 bits per heavy atom. The van der Waals surface area contributed by atoms with Gasteiger partial charge < -0.3 is 19.5 Å². The van der Waals surface area contributed by atoms with E-state index < -0.39 is 0 Å². The van der Waals surface area contributed by atoms with Gasteiger partial charge in [-0.05, 0) is 39.8 Å². The van der Waals surface area contributed by atoms with Gasteiger partial charge in [0.1, 0.15) is 5.82 Å². The standard InChI is InChI=1S/C18H29N5O2S/c1-4-9-23-17(15-5-7-19-8-6-15)20-21-18(23)26-12-16(24)22-10-13(2)25-14(3)11-22/h4,13-15,19H,1,5-12H2,2-3H3/t13-,14+. The molecule has 1 aromatic heterocycles. The molecule has 2 fully saturated rings. The average Bonchev–Trinajstić information content (AvgIpc) is 3.02. The summed E-state index contributed by atoms with van der Waals surface area (Å²) in [5.74, 6) is 1.96. The molecule has 1 amide bonds. The van der Waals surface area contributed by atoms with Crippen molar-refractivity contribution in [1.82, 2.24) is 25.0 Å². The van der Waals surface area contributed by atoms with Crippen LogP contribution < -0.4 is 5.32 Å². The maximum Gasteiger partial charge on any atom is 0.233 e. The topological polar surface area (TPSA) is 72.3 Å². The lowest BCUT2D eigenvalue weighted by Crippen LogP contribution is -2.48. The van der Waals surface area contributed by atoms with Gasteiger partial charge in [-0.1, -0.05) is 17.8 Å². The normalized spacial score (nSPS) is 24.6. The number of carbonyl (C=O) groups excluding carboxylic acids is 1. The number of aromatic nitrogens is 3. The first-order valence-corrected chi connectivity index (χ1v) is 10.4. The molecule has 8 heteroatoms. The molecule has 2 saturated heterocycles. The first-order chi connectivity index (χ1) is 12.6. The minimum atomic E-state index is 0.0867. The molecule has 7 nitrogen and oxygen atoms in total. The molecule has 0 aliphatic carbocycles. The van der Waals surface area contributed by atoms with Crippen molar-refractivity contribution in [2.24, 2.45) is 0 Å². The van der Waals surface area contributed by atoms with Gasteiger partial charge in [0.05, 0.1) is 18.0 Å². The summed E-state index contributed by atoms with van der Waals surface area (Å²) >= 11 is 1.47. The van der Waals surface area contributed by atoms with E-state index in [9.17, 15) is 4.79 Å². The fourth-order valence-corrected chi connectivity index (χ4v) is 4.55. The SMILES string of the molecule is C=CCn1c(SCC(=O)N2C[C@@H](C)O[C@@H](C)C2)nnc1C1CCNCC1. The molecule has 2 atom stereocenters. The van der Waals surface area contributed by atoms with Crippen LogP contribution in [0.3, 0.4) is 0 Å². The maximum atomic E-state index is 12.6. The molecule has 3 heterocycles. The van der Waals surface area contributed by atoms with E-state index in [1.54, 1.807) is 0 Å². The van der Waals surface area contributed by atoms with E-state index in [4.69, 9.17) is 4.74 Å². The molecule has 0 radical (unpaired) electrons. The number of hydrogen-bond acceptors (Lipinski definition) is 6. The third kappa shape index (κ3) is 4.66. The van der Waals surface area contributed by atoms with Gasteiger partial charge in [-0.2, -0.15) is 0 Å². The highest BCUT2D eigenvalue weighted by atomic mass is 32.2. The van der Waals surface area contributed by atoms with E-state index in [0.717, 1.165) is 36.9 Å². The van der Waals surface area contributed by atoms with E-state index >= 15 is 0 Å². The Hall–Kier alpha value is -1.38. The van der Waals surface area contributed by atoms with Crippen LogP contribution in [0.25, 0.3) is 0 Å². The second kappa shape index (κ2) is 9.01. The first kappa shape index (κ1) is 19.4. The number of ether oxygens (including phenoxy) is 1. The average molecular weight is 380 g/mol. The second-order valence-corrected chi connectivity index (χ2v) is 8.05. The van der Waals surface area contributed by atoms with Crippen molar-refractivity contribution in [1.29, 1.82) is 0 Å². The van der Waals surface area contributed by atoms with Crippen LogP contribution in [0.2, 0.25) is 0 Å². The Morgan fingerprint density at radius 3 is 2.65 bits per heavy atom. The third-order valence-electron chi connectivity index (χ3n) is 4.86. The van der Waals surface area contributed by atoms with Crippen molar-refractivity contribution in [2.45, 2.75) is 56.5 Å². The summed E-state index contributed by atoms with van der Waals surface area (Å²) in [5, 5.41) is 13.0. The minimum absolute atomic E-state index is 0.0867. The monoisotopic (exact) mass is 379 g/mol. The van der Waals surface area contributed by atoms with Gasteiger partial charge in [0, 0.05) is 25.6 Å². The minimum Gasteiger partial charge on any atom is -0.372 e. The number of nitrogens with one attached hydrogen (secondary N) is 1. The fraction of sp³-hybridized carbons (Fsp3) is 0.722. The van der Waals surface area contributed by atoms with Gasteiger partial charge in [-0.15, -0.1) is 16.8 Å². The lowest BCUT2D eigenvalue weighted by atomic mass is 9.97. The molecule has 0 spiro atoms. The highest BCUT2D eigenvalue weighted by Crippen LogP contribution is 2.27. The second-order valence-electron chi connectivity index (χ2n) is 7.11. The van der Waals surface area contributed by atoms with Crippen molar-refractivity contribution >= 4 is 17.7 Å². The first-order valence-electron chi connectivity index (χ1n) is 9.39. The van der Waals surface area contributed by atoms with Crippen LogP contribution in [0.5, 0.6) is 0 Å². The highest BCUT2D eigenvalue weighted by Gasteiger charge is 2.27. The summed E-state index contributed by atoms with van der Waals surface area (Å²) in [6.45, 7) is 11.9. The number of rotatable bonds is 6. The van der Waals surface area contributed by atoms with Crippen molar-refractivity contribution < 1.29 is 9.53 Å². The Balaban J connectivity index is 1.64. The summed E-state index contributed by atoms with van der Waals surface area (Å²) in [7, 11) is 0. The molecule has 2 aliphatic rings. The van der Waals surface area contributed by atoms with Crippen LogP contribution in [0, 0.1) is 0 Å². The van der Waals surface area contributed by atoms with Gasteiger partial charge >= 0.3 is 0 Å². The molecule has 2 aliphatic heterocycles. The molecule has 144 valence electrons. The molecule has 0 aromatic carbocycles. The predicted octanol–water partition coefficient (Wildman–Crippen LogP) is 1.66. The largest absolute Gasteiger partial charge is 0.372 e. The highest BCUT2D eigenvalue weighted by molar-refractivity contribution is 7.99. The Bertz CT molecular complexity index is 619. The number of allylic oxidation sites excluding steroid dienone is 1. The molecule has 3 rings (SSSR count). The number of hydrogen-bond donors (Lipinski definition) is 1. The summed E-state index contributed by atoms with van der Waals surface area (Å²) in [5.41, 5.74) is 0. The Kier molecular flexibility index (Phi) is 6.72. The summed E-state index contributed by atoms with van der Waals surface area (Å²) in [4.78, 5) is 14.5. The van der Waals surface area contributed by atoms with Gasteiger partial charge in [0.15, 0.2) is 5.16 Å². The fourth-order valence-electron chi connectivity index (χ4n) is 3.69. The van der Waals surface area contributed by atoms with Crippen molar-refractivity contribution in [3.63, 3.8) is 0 Å². The number of morpholine rings is 1. The predicted molar refractivity (Wildman–Crippen MR) is 102 cm³/mol. The van der Waals surface area contributed by atoms with E-state index in [2.05, 4.69) is 26.7 Å². The van der Waals surface area contributed by atoms with E-state index in [1.807, 2.05) is 24.8 Å². The van der Waals surface area contributed by atoms with Crippen molar-refractivity contribution in [2.75, 3.05) is 31.9 Å². The molecule has 1 aromatic rings. The number of carbonyl (C=O) groups is 1. The molecular weight excluding hydrogens is 350 g/mol. The Morgan fingerprint density at radius 1 is 1.31 bits per heavy atom. The van der Waals surface area contributed by atoms with Gasteiger partial charge in [-0.25, -0.2) is 0 Å². The number of amides is 1. The number of thioether (sulfide) groups is 1. The molecule has 1 N–H and O–H groups in total. The van der Waals surface area contributed by atoms with Gasteiger partial charge in [-0.3, -0.25) is 4.79 Å². The van der Waals surface area contributed by atoms with E-state index in [-0.39, 0.29) is 18.1 Å². The van der Waals surface area contributed by atoms with Crippen LogP contribution in [-0.2, 0) is 16.1 Å². The zero-order valence-electron chi connectivity index (χ0n) is 15.7. The zero-order chi connectivity index (χ0) is 18.5. The van der Waals surface area contributed by atoms with Gasteiger partial charge in [0.25, 0.3) is 0 Å². The molecule has 0 saturated carbocycles. The summed E-state index contributed by atoms with van der Waals surface area (Å²) in [6, 6.07) is 0. The Labute approximate surface area is 159 Å². The van der Waals surface area contributed by atoms with Gasteiger partial charge in [0.2, 0.25) is 5.91 Å². The summed E-state index contributed by atoms with van der Waals surface area (Å²) < 4.78 is 7.82. The zero-order valence-corrected chi connectivity index (χ0v) is 16.5. The molecule has 26 heavy (non-hydrogen) atoms. The van der Waals surface area contributed by atoms with Crippen LogP contribution in [0.1, 0.15) is 38.4 Å². The van der Waals surface area contributed by atoms with Crippen LogP contribution in [-0.4, -0.2) is 69.7 Å². The van der Waals surface area contributed by atoms with E-state index in [1.165, 1.54) is 11.8 Å². The molecule has 0 unspecified atom stereocenters. The lowest BCUT2D eigenvalue weighted by Gasteiger charge is -2.35. The quantitative estimate of drug-likeness (QED) is 0.599. The van der Waals surface area contributed by atoms with Crippen LogP contribution in [0.4, 0.5) is 0 Å².